The standard InChI is InChI=1S/C11H16BrNO4S2/c1-3-9-8-10(12)4-5-11(9)13-19(16,17)7-6-18(2,14)15/h4-5,8,13H,3,6-7H2,1-2H3. The van der Waals surface area contributed by atoms with E-state index in [4.69, 9.17) is 0 Å². The van der Waals surface area contributed by atoms with Crippen LogP contribution in [-0.2, 0) is 26.3 Å². The van der Waals surface area contributed by atoms with Crippen LogP contribution in [0, 0.1) is 0 Å². The van der Waals surface area contributed by atoms with Gasteiger partial charge < -0.3 is 0 Å². The molecule has 0 aliphatic heterocycles. The van der Waals surface area contributed by atoms with Crippen LogP contribution in [0.1, 0.15) is 12.5 Å². The molecule has 0 spiro atoms. The van der Waals surface area contributed by atoms with Crippen molar-refractivity contribution in [3.8, 4) is 0 Å². The number of halogens is 1. The highest BCUT2D eigenvalue weighted by molar-refractivity contribution is 9.10. The van der Waals surface area contributed by atoms with Gasteiger partial charge in [0.25, 0.3) is 0 Å². The minimum atomic E-state index is -3.66. The number of sulfonamides is 1. The van der Waals surface area contributed by atoms with Gasteiger partial charge in [0, 0.05) is 10.7 Å². The predicted molar refractivity (Wildman–Crippen MR) is 80.6 cm³/mol. The van der Waals surface area contributed by atoms with E-state index in [0.717, 1.165) is 16.3 Å². The normalized spacial score (nSPS) is 12.4. The van der Waals surface area contributed by atoms with Crippen LogP contribution in [0.5, 0.6) is 0 Å². The van der Waals surface area contributed by atoms with Crippen LogP contribution in [-0.4, -0.2) is 34.6 Å². The Bertz CT molecular complexity index is 653. The molecule has 1 aromatic carbocycles. The molecule has 0 fully saturated rings. The molecule has 0 radical (unpaired) electrons. The third kappa shape index (κ3) is 5.92. The number of nitrogens with one attached hydrogen (secondary N) is 1. The first-order chi connectivity index (χ1) is 8.63. The molecule has 0 saturated heterocycles. The molecule has 19 heavy (non-hydrogen) atoms. The van der Waals surface area contributed by atoms with Crippen molar-refractivity contribution in [2.45, 2.75) is 13.3 Å². The molecule has 0 atom stereocenters. The Hall–Kier alpha value is -0.600. The summed E-state index contributed by atoms with van der Waals surface area (Å²) in [5.74, 6) is -0.828. The summed E-state index contributed by atoms with van der Waals surface area (Å²) in [6, 6.07) is 5.21. The molecule has 1 rings (SSSR count). The molecule has 1 N–H and O–H groups in total. The molecule has 108 valence electrons. The summed E-state index contributed by atoms with van der Waals surface area (Å²) in [7, 11) is -6.96. The summed E-state index contributed by atoms with van der Waals surface area (Å²) in [5.41, 5.74) is 1.33. The lowest BCUT2D eigenvalue weighted by Gasteiger charge is -2.11. The molecular weight excluding hydrogens is 354 g/mol. The van der Waals surface area contributed by atoms with Gasteiger partial charge in [-0.3, -0.25) is 4.72 Å². The molecule has 8 heteroatoms. The molecule has 0 bridgehead atoms. The Morgan fingerprint density at radius 2 is 1.79 bits per heavy atom. The van der Waals surface area contributed by atoms with Gasteiger partial charge in [-0.15, -0.1) is 0 Å². The highest BCUT2D eigenvalue weighted by Gasteiger charge is 2.15. The summed E-state index contributed by atoms with van der Waals surface area (Å²) in [5, 5.41) is 0. The smallest absolute Gasteiger partial charge is 0.233 e. The van der Waals surface area contributed by atoms with Gasteiger partial charge in [0.15, 0.2) is 0 Å². The molecule has 0 amide bonds. The van der Waals surface area contributed by atoms with E-state index in [2.05, 4.69) is 20.7 Å². The summed E-state index contributed by atoms with van der Waals surface area (Å²) in [4.78, 5) is 0. The van der Waals surface area contributed by atoms with Crippen molar-refractivity contribution in [3.63, 3.8) is 0 Å². The van der Waals surface area contributed by atoms with E-state index in [-0.39, 0.29) is 5.75 Å². The van der Waals surface area contributed by atoms with Crippen LogP contribution in [0.3, 0.4) is 0 Å². The summed E-state index contributed by atoms with van der Waals surface area (Å²) >= 11 is 3.32. The predicted octanol–water partition coefficient (Wildman–Crippen LogP) is 1.80. The zero-order valence-electron chi connectivity index (χ0n) is 10.7. The quantitative estimate of drug-likeness (QED) is 0.828. The number of benzene rings is 1. The van der Waals surface area contributed by atoms with Crippen molar-refractivity contribution in [3.05, 3.63) is 28.2 Å². The van der Waals surface area contributed by atoms with Crippen molar-refractivity contribution >= 4 is 41.5 Å². The van der Waals surface area contributed by atoms with E-state index < -0.39 is 25.6 Å². The Kier molecular flexibility index (Phi) is 5.40. The fraction of sp³-hybridized carbons (Fsp3) is 0.455. The third-order valence-corrected chi connectivity index (χ3v) is 5.41. The number of rotatable bonds is 6. The number of anilines is 1. The van der Waals surface area contributed by atoms with Gasteiger partial charge in [0.2, 0.25) is 10.0 Å². The van der Waals surface area contributed by atoms with Gasteiger partial charge in [-0.25, -0.2) is 16.8 Å². The summed E-state index contributed by atoms with van der Waals surface area (Å²) < 4.78 is 48.9. The second-order valence-electron chi connectivity index (χ2n) is 4.21. The lowest BCUT2D eigenvalue weighted by Crippen LogP contribution is -2.23. The Balaban J connectivity index is 2.90. The minimum Gasteiger partial charge on any atom is -0.283 e. The first-order valence-electron chi connectivity index (χ1n) is 5.59. The number of hydrogen-bond acceptors (Lipinski definition) is 4. The molecule has 0 saturated carbocycles. The molecule has 0 heterocycles. The maximum absolute atomic E-state index is 11.8. The van der Waals surface area contributed by atoms with Crippen LogP contribution in [0.2, 0.25) is 0 Å². The third-order valence-electron chi connectivity index (χ3n) is 2.44. The average molecular weight is 370 g/mol. The fourth-order valence-electron chi connectivity index (χ4n) is 1.43. The monoisotopic (exact) mass is 369 g/mol. The zero-order chi connectivity index (χ0) is 14.7. The summed E-state index contributed by atoms with van der Waals surface area (Å²) in [6.07, 6.45) is 1.68. The van der Waals surface area contributed by atoms with Crippen LogP contribution < -0.4 is 4.72 Å². The topological polar surface area (TPSA) is 80.3 Å². The maximum Gasteiger partial charge on any atom is 0.233 e. The van der Waals surface area contributed by atoms with Crippen molar-refractivity contribution < 1.29 is 16.8 Å². The van der Waals surface area contributed by atoms with E-state index >= 15 is 0 Å². The maximum atomic E-state index is 11.8. The molecule has 5 nitrogen and oxygen atoms in total. The lowest BCUT2D eigenvalue weighted by molar-refractivity contribution is 0.593. The van der Waals surface area contributed by atoms with Crippen LogP contribution in [0.15, 0.2) is 22.7 Å². The van der Waals surface area contributed by atoms with E-state index in [1.54, 1.807) is 12.1 Å². The second-order valence-corrected chi connectivity index (χ2v) is 9.22. The van der Waals surface area contributed by atoms with Gasteiger partial charge in [-0.2, -0.15) is 0 Å². The Morgan fingerprint density at radius 1 is 1.16 bits per heavy atom. The first-order valence-corrected chi connectivity index (χ1v) is 10.1. The van der Waals surface area contributed by atoms with Crippen molar-refractivity contribution in [2.75, 3.05) is 22.5 Å². The SMILES string of the molecule is CCc1cc(Br)ccc1NS(=O)(=O)CCS(C)(=O)=O. The summed E-state index contributed by atoms with van der Waals surface area (Å²) in [6.45, 7) is 1.91. The van der Waals surface area contributed by atoms with Crippen molar-refractivity contribution in [1.82, 2.24) is 0 Å². The van der Waals surface area contributed by atoms with Crippen molar-refractivity contribution in [2.24, 2.45) is 0 Å². The zero-order valence-corrected chi connectivity index (χ0v) is 13.9. The number of aryl methyl sites for hydroxylation is 1. The van der Waals surface area contributed by atoms with Crippen molar-refractivity contribution in [1.29, 1.82) is 0 Å². The molecular formula is C11H16BrNO4S2. The Morgan fingerprint density at radius 3 is 2.32 bits per heavy atom. The van der Waals surface area contributed by atoms with Gasteiger partial charge in [-0.05, 0) is 30.2 Å². The second kappa shape index (κ2) is 6.23. The molecule has 1 aromatic rings. The molecule has 0 aliphatic carbocycles. The van der Waals surface area contributed by atoms with E-state index in [1.807, 2.05) is 13.0 Å². The van der Waals surface area contributed by atoms with Crippen LogP contribution in [0.25, 0.3) is 0 Å². The largest absolute Gasteiger partial charge is 0.283 e. The highest BCUT2D eigenvalue weighted by atomic mass is 79.9. The minimum absolute atomic E-state index is 0.389. The van der Waals surface area contributed by atoms with Gasteiger partial charge in [-0.1, -0.05) is 22.9 Å². The molecule has 0 aromatic heterocycles. The van der Waals surface area contributed by atoms with E-state index in [1.165, 1.54) is 0 Å². The van der Waals surface area contributed by atoms with Crippen LogP contribution in [0.4, 0.5) is 5.69 Å². The van der Waals surface area contributed by atoms with E-state index in [0.29, 0.717) is 12.1 Å². The molecule has 0 unspecified atom stereocenters. The average Bonchev–Trinajstić information content (AvgIpc) is 2.28. The van der Waals surface area contributed by atoms with E-state index in [9.17, 15) is 16.8 Å². The lowest BCUT2D eigenvalue weighted by atomic mass is 10.1. The fourth-order valence-corrected chi connectivity index (χ4v) is 4.57. The molecule has 0 aliphatic rings. The number of sulfone groups is 1. The number of hydrogen-bond donors (Lipinski definition) is 1. The van der Waals surface area contributed by atoms with Gasteiger partial charge >= 0.3 is 0 Å². The Labute approximate surface area is 122 Å². The first kappa shape index (κ1) is 16.5. The van der Waals surface area contributed by atoms with Gasteiger partial charge in [0.1, 0.15) is 9.84 Å². The van der Waals surface area contributed by atoms with Crippen LogP contribution >= 0.6 is 15.9 Å². The highest BCUT2D eigenvalue weighted by Crippen LogP contribution is 2.22. The van der Waals surface area contributed by atoms with Gasteiger partial charge in [0.05, 0.1) is 17.2 Å².